The van der Waals surface area contributed by atoms with Gasteiger partial charge < -0.3 is 14.1 Å². The quantitative estimate of drug-likeness (QED) is 0.497. The standard InChI is InChI=1S/C22H22F3N3O5S/c1-2-32-21(29)19-11-14-7-8-16(12-18(14)33-19)34(30,31)27-17-6-3-9-26-20(17)28-10-4-5-15(13-28)22(23,24)25/h3,6-9,11-12,15,27H,2,4-5,10,13H2,1H3. The second kappa shape index (κ2) is 9.16. The Hall–Kier alpha value is -3.28. The number of benzene rings is 1. The molecule has 0 saturated carbocycles. The number of alkyl halides is 3. The summed E-state index contributed by atoms with van der Waals surface area (Å²) in [7, 11) is -4.14. The van der Waals surface area contributed by atoms with E-state index in [1.807, 2.05) is 0 Å². The van der Waals surface area contributed by atoms with Crippen LogP contribution in [0.2, 0.25) is 0 Å². The number of furan rings is 1. The Bertz CT molecular complexity index is 1310. The highest BCUT2D eigenvalue weighted by molar-refractivity contribution is 7.92. The molecule has 8 nitrogen and oxygen atoms in total. The van der Waals surface area contributed by atoms with Gasteiger partial charge in [-0.3, -0.25) is 4.72 Å². The number of aromatic nitrogens is 1. The zero-order valence-corrected chi connectivity index (χ0v) is 18.9. The maximum atomic E-state index is 13.2. The van der Waals surface area contributed by atoms with Gasteiger partial charge in [-0.15, -0.1) is 0 Å². The number of hydrogen-bond acceptors (Lipinski definition) is 7. The number of esters is 1. The van der Waals surface area contributed by atoms with E-state index in [2.05, 4.69) is 9.71 Å². The average molecular weight is 497 g/mol. The first-order valence-electron chi connectivity index (χ1n) is 10.6. The molecule has 0 spiro atoms. The lowest BCUT2D eigenvalue weighted by atomic mass is 9.97. The summed E-state index contributed by atoms with van der Waals surface area (Å²) >= 11 is 0. The Morgan fingerprint density at radius 2 is 2.09 bits per heavy atom. The van der Waals surface area contributed by atoms with Crippen molar-refractivity contribution in [3.05, 3.63) is 48.4 Å². The Morgan fingerprint density at radius 3 is 2.82 bits per heavy atom. The van der Waals surface area contributed by atoms with Gasteiger partial charge in [-0.1, -0.05) is 0 Å². The van der Waals surface area contributed by atoms with Crippen molar-refractivity contribution in [2.75, 3.05) is 29.3 Å². The number of sulfonamides is 1. The van der Waals surface area contributed by atoms with Crippen LogP contribution in [0.3, 0.4) is 0 Å². The summed E-state index contributed by atoms with van der Waals surface area (Å²) in [5, 5.41) is 0.510. The molecule has 12 heteroatoms. The van der Waals surface area contributed by atoms with E-state index in [9.17, 15) is 26.4 Å². The first kappa shape index (κ1) is 23.9. The molecular weight excluding hydrogens is 475 g/mol. The number of anilines is 2. The lowest BCUT2D eigenvalue weighted by Crippen LogP contribution is -2.42. The molecule has 4 rings (SSSR count). The number of hydrogen-bond donors (Lipinski definition) is 1. The number of carbonyl (C=O) groups is 1. The van der Waals surface area contributed by atoms with Gasteiger partial charge in [-0.25, -0.2) is 18.2 Å². The molecule has 0 aliphatic carbocycles. The first-order chi connectivity index (χ1) is 16.1. The maximum Gasteiger partial charge on any atom is 0.393 e. The fourth-order valence-electron chi connectivity index (χ4n) is 3.85. The molecule has 1 fully saturated rings. The Morgan fingerprint density at radius 1 is 1.29 bits per heavy atom. The molecule has 1 aliphatic heterocycles. The van der Waals surface area contributed by atoms with E-state index < -0.39 is 28.1 Å². The van der Waals surface area contributed by atoms with Crippen molar-refractivity contribution >= 4 is 38.5 Å². The number of nitrogens with zero attached hydrogens (tertiary/aromatic N) is 2. The van der Waals surface area contributed by atoms with Crippen LogP contribution in [0.25, 0.3) is 11.0 Å². The highest BCUT2D eigenvalue weighted by atomic mass is 32.2. The van der Waals surface area contributed by atoms with E-state index in [1.165, 1.54) is 47.5 Å². The highest BCUT2D eigenvalue weighted by Gasteiger charge is 2.42. The predicted molar refractivity (Wildman–Crippen MR) is 118 cm³/mol. The number of carbonyl (C=O) groups excluding carboxylic acids is 1. The van der Waals surface area contributed by atoms with Gasteiger partial charge in [0.25, 0.3) is 10.0 Å². The smallest absolute Gasteiger partial charge is 0.393 e. The van der Waals surface area contributed by atoms with Crippen LogP contribution < -0.4 is 9.62 Å². The van der Waals surface area contributed by atoms with Crippen molar-refractivity contribution in [2.45, 2.75) is 30.8 Å². The van der Waals surface area contributed by atoms with Crippen LogP contribution in [0, 0.1) is 5.92 Å². The summed E-state index contributed by atoms with van der Waals surface area (Å²) in [6, 6.07) is 8.47. The molecule has 2 aromatic heterocycles. The normalized spacial score (nSPS) is 17.1. The molecule has 1 N–H and O–H groups in total. The molecule has 34 heavy (non-hydrogen) atoms. The molecule has 182 valence electrons. The minimum absolute atomic E-state index is 0.0187. The lowest BCUT2D eigenvalue weighted by Gasteiger charge is -2.35. The van der Waals surface area contributed by atoms with Gasteiger partial charge in [0, 0.05) is 30.7 Å². The van der Waals surface area contributed by atoms with Gasteiger partial charge in [0.15, 0.2) is 5.82 Å². The fraction of sp³-hybridized carbons (Fsp3) is 0.364. The largest absolute Gasteiger partial charge is 0.460 e. The van der Waals surface area contributed by atoms with Gasteiger partial charge in [0.05, 0.1) is 23.1 Å². The maximum absolute atomic E-state index is 13.2. The molecule has 1 aromatic carbocycles. The van der Waals surface area contributed by atoms with Crippen LogP contribution in [0.15, 0.2) is 51.9 Å². The van der Waals surface area contributed by atoms with Crippen molar-refractivity contribution < 1.29 is 35.5 Å². The summed E-state index contributed by atoms with van der Waals surface area (Å²) in [6.45, 7) is 1.84. The summed E-state index contributed by atoms with van der Waals surface area (Å²) in [5.41, 5.74) is 0.235. The number of pyridine rings is 1. The third kappa shape index (κ3) is 4.96. The molecule has 0 amide bonds. The van der Waals surface area contributed by atoms with E-state index in [0.717, 1.165) is 0 Å². The molecule has 0 bridgehead atoms. The number of fused-ring (bicyclic) bond motifs is 1. The summed E-state index contributed by atoms with van der Waals surface area (Å²) in [6.07, 6.45) is -2.61. The van der Waals surface area contributed by atoms with Gasteiger partial charge >= 0.3 is 12.1 Å². The van der Waals surface area contributed by atoms with E-state index in [4.69, 9.17) is 9.15 Å². The van der Waals surface area contributed by atoms with Crippen LogP contribution in [-0.2, 0) is 14.8 Å². The molecule has 3 aromatic rings. The molecule has 3 heterocycles. The number of ether oxygens (including phenoxy) is 1. The van der Waals surface area contributed by atoms with Crippen molar-refractivity contribution in [3.8, 4) is 0 Å². The van der Waals surface area contributed by atoms with Gasteiger partial charge in [0.1, 0.15) is 5.58 Å². The van der Waals surface area contributed by atoms with Crippen LogP contribution in [-0.4, -0.2) is 45.2 Å². The number of piperidine rings is 1. The minimum atomic E-state index is -4.34. The van der Waals surface area contributed by atoms with Crippen molar-refractivity contribution in [2.24, 2.45) is 5.92 Å². The van der Waals surface area contributed by atoms with Crippen molar-refractivity contribution in [1.82, 2.24) is 4.98 Å². The number of halogens is 3. The minimum Gasteiger partial charge on any atom is -0.460 e. The molecule has 1 unspecified atom stereocenters. The van der Waals surface area contributed by atoms with Crippen LogP contribution in [0.5, 0.6) is 0 Å². The Balaban J connectivity index is 1.60. The summed E-state index contributed by atoms with van der Waals surface area (Å²) in [5.74, 6) is -2.11. The fourth-order valence-corrected chi connectivity index (χ4v) is 4.93. The number of rotatable bonds is 6. The van der Waals surface area contributed by atoms with E-state index in [0.29, 0.717) is 18.4 Å². The SMILES string of the molecule is CCOC(=O)c1cc2ccc(S(=O)(=O)Nc3cccnc3N3CCCC(C(F)(F)F)C3)cc2o1. The summed E-state index contributed by atoms with van der Waals surface area (Å²) < 4.78 is 78.6. The van der Waals surface area contributed by atoms with Gasteiger partial charge in [0.2, 0.25) is 5.76 Å². The second-order valence-corrected chi connectivity index (χ2v) is 9.52. The molecule has 0 radical (unpaired) electrons. The highest BCUT2D eigenvalue weighted by Crippen LogP contribution is 2.36. The average Bonchev–Trinajstić information content (AvgIpc) is 3.23. The predicted octanol–water partition coefficient (Wildman–Crippen LogP) is 4.58. The Labute approximate surface area is 193 Å². The molecular formula is C22H22F3N3O5S. The lowest BCUT2D eigenvalue weighted by molar-refractivity contribution is -0.176. The van der Waals surface area contributed by atoms with Crippen LogP contribution in [0.4, 0.5) is 24.7 Å². The molecule has 1 aliphatic rings. The van der Waals surface area contributed by atoms with E-state index in [-0.39, 0.29) is 47.3 Å². The Kier molecular flexibility index (Phi) is 6.43. The van der Waals surface area contributed by atoms with Crippen LogP contribution >= 0.6 is 0 Å². The van der Waals surface area contributed by atoms with E-state index in [1.54, 1.807) is 6.92 Å². The summed E-state index contributed by atoms with van der Waals surface area (Å²) in [4.78, 5) is 17.3. The van der Waals surface area contributed by atoms with Crippen molar-refractivity contribution in [3.63, 3.8) is 0 Å². The second-order valence-electron chi connectivity index (χ2n) is 7.84. The topological polar surface area (TPSA) is 102 Å². The van der Waals surface area contributed by atoms with Crippen LogP contribution in [0.1, 0.15) is 30.3 Å². The van der Waals surface area contributed by atoms with Gasteiger partial charge in [-0.05, 0) is 50.1 Å². The number of nitrogens with one attached hydrogen (secondary N) is 1. The third-order valence-corrected chi connectivity index (χ3v) is 6.86. The monoisotopic (exact) mass is 497 g/mol. The zero-order valence-electron chi connectivity index (χ0n) is 18.1. The third-order valence-electron chi connectivity index (χ3n) is 5.49. The van der Waals surface area contributed by atoms with E-state index >= 15 is 0 Å². The molecule has 1 atom stereocenters. The molecule has 1 saturated heterocycles. The first-order valence-corrected chi connectivity index (χ1v) is 12.1. The van der Waals surface area contributed by atoms with Crippen molar-refractivity contribution in [1.29, 1.82) is 0 Å². The zero-order chi connectivity index (χ0) is 24.5. The van der Waals surface area contributed by atoms with Gasteiger partial charge in [-0.2, -0.15) is 13.2 Å².